The van der Waals surface area contributed by atoms with Gasteiger partial charge in [-0.3, -0.25) is 9.69 Å². The molecule has 28 heavy (non-hydrogen) atoms. The summed E-state index contributed by atoms with van der Waals surface area (Å²) in [5.41, 5.74) is 2.69. The number of amides is 1. The summed E-state index contributed by atoms with van der Waals surface area (Å²) in [4.78, 5) is 14.7. The number of hydrogen-bond acceptors (Lipinski definition) is 4. The van der Waals surface area contributed by atoms with E-state index >= 15 is 0 Å². The smallest absolute Gasteiger partial charge is 0.258 e. The van der Waals surface area contributed by atoms with Crippen LogP contribution in [0.3, 0.4) is 0 Å². The molecule has 0 atom stereocenters. The molecule has 1 aliphatic heterocycles. The SMILES string of the molecule is CCOc1ccc(OCC(=O)NCC(C)(C)N2CCc3ccccc3C2)cc1. The van der Waals surface area contributed by atoms with Crippen LogP contribution in [0.5, 0.6) is 11.5 Å². The summed E-state index contributed by atoms with van der Waals surface area (Å²) in [6, 6.07) is 15.9. The van der Waals surface area contributed by atoms with Crippen LogP contribution in [-0.2, 0) is 17.8 Å². The number of carbonyl (C=O) groups is 1. The lowest BCUT2D eigenvalue weighted by Crippen LogP contribution is -2.53. The Labute approximate surface area is 167 Å². The van der Waals surface area contributed by atoms with Crippen molar-refractivity contribution >= 4 is 5.91 Å². The van der Waals surface area contributed by atoms with E-state index in [0.29, 0.717) is 18.9 Å². The Bertz CT molecular complexity index is 787. The van der Waals surface area contributed by atoms with Gasteiger partial charge in [-0.15, -0.1) is 0 Å². The molecule has 5 heteroatoms. The third kappa shape index (κ3) is 5.26. The van der Waals surface area contributed by atoms with Gasteiger partial charge < -0.3 is 14.8 Å². The van der Waals surface area contributed by atoms with Crippen molar-refractivity contribution in [2.24, 2.45) is 0 Å². The van der Waals surface area contributed by atoms with E-state index in [2.05, 4.69) is 48.3 Å². The molecule has 0 saturated heterocycles. The lowest BCUT2D eigenvalue weighted by atomic mass is 9.94. The molecule has 0 unspecified atom stereocenters. The van der Waals surface area contributed by atoms with E-state index in [9.17, 15) is 4.79 Å². The van der Waals surface area contributed by atoms with Crippen molar-refractivity contribution in [3.63, 3.8) is 0 Å². The molecule has 0 spiro atoms. The van der Waals surface area contributed by atoms with Crippen molar-refractivity contribution in [3.8, 4) is 11.5 Å². The highest BCUT2D eigenvalue weighted by atomic mass is 16.5. The monoisotopic (exact) mass is 382 g/mol. The quantitative estimate of drug-likeness (QED) is 0.760. The molecule has 1 N–H and O–H groups in total. The minimum atomic E-state index is -0.123. The Kier molecular flexibility index (Phi) is 6.57. The normalized spacial score (nSPS) is 14.2. The van der Waals surface area contributed by atoms with Gasteiger partial charge in [-0.05, 0) is 62.6 Å². The third-order valence-electron chi connectivity index (χ3n) is 5.21. The molecule has 2 aromatic rings. The first kappa shape index (κ1) is 20.2. The minimum Gasteiger partial charge on any atom is -0.494 e. The first-order valence-corrected chi connectivity index (χ1v) is 9.92. The van der Waals surface area contributed by atoms with E-state index in [1.807, 2.05) is 31.2 Å². The largest absolute Gasteiger partial charge is 0.494 e. The maximum atomic E-state index is 12.2. The Morgan fingerprint density at radius 2 is 1.68 bits per heavy atom. The predicted octanol–water partition coefficient (Wildman–Crippen LogP) is 3.42. The molecule has 1 amide bonds. The average Bonchev–Trinajstić information content (AvgIpc) is 2.71. The van der Waals surface area contributed by atoms with Gasteiger partial charge in [0.15, 0.2) is 6.61 Å². The molecule has 0 saturated carbocycles. The van der Waals surface area contributed by atoms with E-state index < -0.39 is 0 Å². The zero-order chi connectivity index (χ0) is 20.0. The Hall–Kier alpha value is -2.53. The number of ether oxygens (including phenoxy) is 2. The zero-order valence-electron chi connectivity index (χ0n) is 17.0. The van der Waals surface area contributed by atoms with Crippen molar-refractivity contribution in [2.45, 2.75) is 39.3 Å². The van der Waals surface area contributed by atoms with Gasteiger partial charge in [0.25, 0.3) is 5.91 Å². The lowest BCUT2D eigenvalue weighted by Gasteiger charge is -2.41. The number of fused-ring (bicyclic) bond motifs is 1. The van der Waals surface area contributed by atoms with Crippen molar-refractivity contribution < 1.29 is 14.3 Å². The molecule has 150 valence electrons. The van der Waals surface area contributed by atoms with Crippen molar-refractivity contribution in [1.29, 1.82) is 0 Å². The maximum Gasteiger partial charge on any atom is 0.258 e. The van der Waals surface area contributed by atoms with Crippen LogP contribution in [0.2, 0.25) is 0 Å². The van der Waals surface area contributed by atoms with E-state index in [-0.39, 0.29) is 18.1 Å². The van der Waals surface area contributed by atoms with Gasteiger partial charge >= 0.3 is 0 Å². The summed E-state index contributed by atoms with van der Waals surface area (Å²) < 4.78 is 11.0. The molecule has 0 bridgehead atoms. The van der Waals surface area contributed by atoms with Crippen LogP contribution in [0, 0.1) is 0 Å². The summed E-state index contributed by atoms with van der Waals surface area (Å²) in [6.07, 6.45) is 1.05. The summed E-state index contributed by atoms with van der Waals surface area (Å²) >= 11 is 0. The fourth-order valence-electron chi connectivity index (χ4n) is 3.44. The van der Waals surface area contributed by atoms with Crippen LogP contribution in [0.15, 0.2) is 48.5 Å². The Morgan fingerprint density at radius 3 is 2.36 bits per heavy atom. The highest BCUT2D eigenvalue weighted by molar-refractivity contribution is 5.77. The molecule has 2 aromatic carbocycles. The fourth-order valence-corrected chi connectivity index (χ4v) is 3.44. The maximum absolute atomic E-state index is 12.2. The molecule has 3 rings (SSSR count). The second kappa shape index (κ2) is 9.11. The van der Waals surface area contributed by atoms with Crippen LogP contribution < -0.4 is 14.8 Å². The zero-order valence-corrected chi connectivity index (χ0v) is 17.0. The number of benzene rings is 2. The Morgan fingerprint density at radius 1 is 1.04 bits per heavy atom. The summed E-state index contributed by atoms with van der Waals surface area (Å²) in [5.74, 6) is 1.34. The van der Waals surface area contributed by atoms with Gasteiger partial charge in [0.2, 0.25) is 0 Å². The Balaban J connectivity index is 1.45. The van der Waals surface area contributed by atoms with Crippen LogP contribution in [0.25, 0.3) is 0 Å². The van der Waals surface area contributed by atoms with Gasteiger partial charge in [-0.2, -0.15) is 0 Å². The minimum absolute atomic E-state index is 0.00684. The fraction of sp³-hybridized carbons (Fsp3) is 0.435. The summed E-state index contributed by atoms with van der Waals surface area (Å²) in [7, 11) is 0. The first-order valence-electron chi connectivity index (χ1n) is 9.92. The summed E-state index contributed by atoms with van der Waals surface area (Å²) in [5, 5.41) is 3.02. The van der Waals surface area contributed by atoms with Gasteiger partial charge in [0.05, 0.1) is 6.61 Å². The first-order chi connectivity index (χ1) is 13.5. The van der Waals surface area contributed by atoms with Crippen molar-refractivity contribution in [1.82, 2.24) is 10.2 Å². The molecule has 1 aliphatic rings. The average molecular weight is 383 g/mol. The molecule has 0 aliphatic carbocycles. The predicted molar refractivity (Wildman–Crippen MR) is 111 cm³/mol. The summed E-state index contributed by atoms with van der Waals surface area (Å²) in [6.45, 7) is 9.43. The molecule has 0 radical (unpaired) electrons. The third-order valence-corrected chi connectivity index (χ3v) is 5.21. The van der Waals surface area contributed by atoms with Gasteiger partial charge in [-0.1, -0.05) is 24.3 Å². The van der Waals surface area contributed by atoms with Gasteiger partial charge in [-0.25, -0.2) is 0 Å². The second-order valence-corrected chi connectivity index (χ2v) is 7.72. The molecule has 0 fully saturated rings. The lowest BCUT2D eigenvalue weighted by molar-refractivity contribution is -0.123. The second-order valence-electron chi connectivity index (χ2n) is 7.72. The van der Waals surface area contributed by atoms with Crippen LogP contribution in [-0.4, -0.2) is 42.6 Å². The van der Waals surface area contributed by atoms with Crippen molar-refractivity contribution in [2.75, 3.05) is 26.3 Å². The number of carbonyl (C=O) groups excluding carboxylic acids is 1. The van der Waals surface area contributed by atoms with E-state index in [1.165, 1.54) is 11.1 Å². The topological polar surface area (TPSA) is 50.8 Å². The number of hydrogen-bond donors (Lipinski definition) is 1. The number of nitrogens with one attached hydrogen (secondary N) is 1. The van der Waals surface area contributed by atoms with Gasteiger partial charge in [0, 0.05) is 25.2 Å². The van der Waals surface area contributed by atoms with Crippen LogP contribution >= 0.6 is 0 Å². The standard InChI is InChI=1S/C23H30N2O3/c1-4-27-20-9-11-21(12-10-20)28-16-22(26)24-17-23(2,3)25-14-13-18-7-5-6-8-19(18)15-25/h5-12H,4,13-17H2,1-3H3,(H,24,26). The highest BCUT2D eigenvalue weighted by Crippen LogP contribution is 2.25. The van der Waals surface area contributed by atoms with Crippen LogP contribution in [0.4, 0.5) is 0 Å². The highest BCUT2D eigenvalue weighted by Gasteiger charge is 2.30. The molecule has 5 nitrogen and oxygen atoms in total. The molecular formula is C23H30N2O3. The van der Waals surface area contributed by atoms with Gasteiger partial charge in [0.1, 0.15) is 11.5 Å². The molecule has 1 heterocycles. The van der Waals surface area contributed by atoms with E-state index in [1.54, 1.807) is 0 Å². The van der Waals surface area contributed by atoms with Crippen molar-refractivity contribution in [3.05, 3.63) is 59.7 Å². The van der Waals surface area contributed by atoms with E-state index in [0.717, 1.165) is 25.3 Å². The molecule has 0 aromatic heterocycles. The number of nitrogens with zero attached hydrogens (tertiary/aromatic N) is 1. The number of rotatable bonds is 8. The van der Waals surface area contributed by atoms with Crippen LogP contribution in [0.1, 0.15) is 31.9 Å². The van der Waals surface area contributed by atoms with E-state index in [4.69, 9.17) is 9.47 Å². The molecular weight excluding hydrogens is 352 g/mol.